The van der Waals surface area contributed by atoms with Crippen molar-refractivity contribution in [2.45, 2.75) is 49.1 Å². The van der Waals surface area contributed by atoms with Crippen LogP contribution in [-0.4, -0.2) is 99.0 Å². The molecule has 3 aliphatic rings. The zero-order chi connectivity index (χ0) is 31.0. The number of aliphatic hydroxyl groups excluding tert-OH is 2. The lowest BCUT2D eigenvalue weighted by Crippen LogP contribution is -2.36. The first kappa shape index (κ1) is 30.3. The molecule has 2 bridgehead atoms. The van der Waals surface area contributed by atoms with Gasteiger partial charge < -0.3 is 45.1 Å². The Labute approximate surface area is 257 Å². The van der Waals surface area contributed by atoms with Gasteiger partial charge in [0, 0.05) is 6.20 Å². The Kier molecular flexibility index (Phi) is 7.69. The van der Waals surface area contributed by atoms with Crippen LogP contribution in [0.1, 0.15) is 12.5 Å². The van der Waals surface area contributed by atoms with Gasteiger partial charge in [-0.3, -0.25) is 18.1 Å². The van der Waals surface area contributed by atoms with Gasteiger partial charge in [-0.2, -0.15) is 0 Å². The molecule has 7 rings (SSSR count). The lowest BCUT2D eigenvalue weighted by Gasteiger charge is -2.27. The predicted molar refractivity (Wildman–Crippen MR) is 156 cm³/mol. The van der Waals surface area contributed by atoms with Crippen molar-refractivity contribution in [1.29, 1.82) is 0 Å². The van der Waals surface area contributed by atoms with Gasteiger partial charge in [0.1, 0.15) is 66.3 Å². The number of aromatic nitrogens is 7. The van der Waals surface area contributed by atoms with Gasteiger partial charge in [-0.25, -0.2) is 29.5 Å². The van der Waals surface area contributed by atoms with Crippen LogP contribution in [0.5, 0.6) is 0 Å². The van der Waals surface area contributed by atoms with Crippen molar-refractivity contribution in [2.75, 3.05) is 24.7 Å². The van der Waals surface area contributed by atoms with Gasteiger partial charge >= 0.3 is 13.5 Å². The summed E-state index contributed by atoms with van der Waals surface area (Å²) in [6.45, 7) is -9.41. The number of aliphatic hydroxyl groups is 2. The van der Waals surface area contributed by atoms with Crippen molar-refractivity contribution < 1.29 is 47.2 Å². The number of ether oxygens (including phenoxy) is 2. The summed E-state index contributed by atoms with van der Waals surface area (Å²) in [6.07, 6.45) is -4.91. The van der Waals surface area contributed by atoms with Crippen molar-refractivity contribution in [2.24, 2.45) is 0 Å². The molecule has 44 heavy (non-hydrogen) atoms. The maximum atomic E-state index is 13.4. The summed E-state index contributed by atoms with van der Waals surface area (Å²) in [7, 11) is 0. The van der Waals surface area contributed by atoms with Crippen LogP contribution in [0.25, 0.3) is 22.2 Å². The van der Waals surface area contributed by atoms with Crippen LogP contribution in [0, 0.1) is 0 Å². The number of nitrogens with zero attached hydrogens (tertiary/aromatic N) is 7. The van der Waals surface area contributed by atoms with E-state index in [9.17, 15) is 19.7 Å². The molecule has 0 aromatic carbocycles. The van der Waals surface area contributed by atoms with E-state index in [1.165, 1.54) is 28.1 Å². The summed E-state index contributed by atoms with van der Waals surface area (Å²) in [5, 5.41) is 22.9. The van der Waals surface area contributed by atoms with Crippen LogP contribution < -0.4 is 11.5 Å². The third-order valence-electron chi connectivity index (χ3n) is 7.41. The van der Waals surface area contributed by atoms with E-state index in [0.717, 1.165) is 0 Å². The highest BCUT2D eigenvalue weighted by atomic mass is 32.7. The topological polar surface area (TPSA) is 259 Å². The molecule has 0 spiro atoms. The largest absolute Gasteiger partial charge is 0.387 e. The minimum Gasteiger partial charge on any atom is -0.387 e. The van der Waals surface area contributed by atoms with Gasteiger partial charge in [-0.05, 0) is 17.9 Å². The van der Waals surface area contributed by atoms with E-state index in [2.05, 4.69) is 37.2 Å². The summed E-state index contributed by atoms with van der Waals surface area (Å²) in [6, 6.07) is 1.64. The monoisotopic (exact) mass is 689 g/mol. The van der Waals surface area contributed by atoms with E-state index in [1.807, 2.05) is 0 Å². The zero-order valence-electron chi connectivity index (χ0n) is 22.2. The van der Waals surface area contributed by atoms with Gasteiger partial charge in [0.05, 0.1) is 24.9 Å². The summed E-state index contributed by atoms with van der Waals surface area (Å²) >= 11 is 9.37. The zero-order valence-corrected chi connectivity index (χ0v) is 25.7. The Bertz CT molecular complexity index is 1830. The normalized spacial score (nSPS) is 38.3. The van der Waals surface area contributed by atoms with Crippen LogP contribution in [0.3, 0.4) is 0 Å². The molecule has 10 atom stereocenters. The number of thiol groups is 1. The number of fused-ring (bicyclic) bond motifs is 5. The number of hydrogen-bond donors (Lipinski definition) is 6. The smallest absolute Gasteiger partial charge is 0.386 e. The highest BCUT2D eigenvalue weighted by Crippen LogP contribution is 2.58. The molecule has 4 aromatic heterocycles. The Morgan fingerprint density at radius 2 is 1.59 bits per heavy atom. The number of nitrogen functional groups attached to an aromatic ring is 2. The Morgan fingerprint density at radius 1 is 0.886 bits per heavy atom. The number of rotatable bonds is 2. The number of anilines is 2. The molecule has 23 heteroatoms. The van der Waals surface area contributed by atoms with Crippen molar-refractivity contribution in [3.8, 4) is 0 Å². The Balaban J connectivity index is 1.20. The van der Waals surface area contributed by atoms with Crippen molar-refractivity contribution in [3.63, 3.8) is 0 Å². The minimum atomic E-state index is -4.26. The van der Waals surface area contributed by atoms with Crippen molar-refractivity contribution in [1.82, 2.24) is 34.1 Å². The van der Waals surface area contributed by atoms with Crippen molar-refractivity contribution >= 4 is 71.4 Å². The van der Waals surface area contributed by atoms with E-state index >= 15 is 0 Å². The lowest BCUT2D eigenvalue weighted by molar-refractivity contribution is -0.0593. The third-order valence-corrected chi connectivity index (χ3v) is 10.6. The molecule has 4 aromatic rings. The Hall–Kier alpha value is -2.36. The Morgan fingerprint density at radius 3 is 2.39 bits per heavy atom. The van der Waals surface area contributed by atoms with E-state index in [4.69, 9.17) is 50.8 Å². The van der Waals surface area contributed by atoms with Crippen LogP contribution in [0.2, 0.25) is 0 Å². The van der Waals surface area contributed by atoms with E-state index in [0.29, 0.717) is 11.0 Å². The highest BCUT2D eigenvalue weighted by Gasteiger charge is 2.52. The summed E-state index contributed by atoms with van der Waals surface area (Å²) < 4.78 is 51.0. The quantitative estimate of drug-likeness (QED) is 0.120. The van der Waals surface area contributed by atoms with E-state index in [-0.39, 0.29) is 22.8 Å². The summed E-state index contributed by atoms with van der Waals surface area (Å²) in [4.78, 5) is 31.5. The number of imidazole rings is 1. The summed E-state index contributed by atoms with van der Waals surface area (Å²) in [5.41, 5.74) is 12.7. The molecular weight excluding hydrogens is 664 g/mol. The highest BCUT2D eigenvalue weighted by molar-refractivity contribution is 8.44. The maximum absolute atomic E-state index is 13.4. The molecule has 0 radical (unpaired) electrons. The predicted octanol–water partition coefficient (Wildman–Crippen LogP) is 0.0241. The van der Waals surface area contributed by atoms with Gasteiger partial charge in [-0.15, -0.1) is 0 Å². The van der Waals surface area contributed by atoms with Gasteiger partial charge in [0.25, 0.3) is 0 Å². The molecule has 7 N–H and O–H groups in total. The second-order valence-corrected chi connectivity index (χ2v) is 15.7. The SMILES string of the molecule is Nc1ncnc2c1ccn2[C@@H]1O[C@@H]2COP(=O)(S)O[C@@H]3[C@@H](O)[C@H](n4cnc5c(N)ncnc54)O[C@@H]3COP(O)(=S)O[C@@H]1[C@@H]2O. The van der Waals surface area contributed by atoms with Crippen LogP contribution >= 0.6 is 25.8 Å². The van der Waals surface area contributed by atoms with Crippen LogP contribution in [0.15, 0.2) is 31.2 Å². The number of hydrogen-bond acceptors (Lipinski definition) is 17. The fraction of sp³-hybridized carbons (Fsp3) is 0.476. The molecule has 3 fully saturated rings. The van der Waals surface area contributed by atoms with Crippen LogP contribution in [0.4, 0.5) is 11.6 Å². The molecule has 0 amide bonds. The molecule has 3 saturated heterocycles. The van der Waals surface area contributed by atoms with Gasteiger partial charge in [-0.1, -0.05) is 12.2 Å². The average molecular weight is 690 g/mol. The van der Waals surface area contributed by atoms with E-state index < -0.39 is 75.8 Å². The molecular formula is C21H25N9O10P2S2. The van der Waals surface area contributed by atoms with Gasteiger partial charge in [0.2, 0.25) is 0 Å². The minimum absolute atomic E-state index is 0.107. The molecule has 3 aliphatic heterocycles. The molecule has 2 unspecified atom stereocenters. The second kappa shape index (κ2) is 11.2. The third kappa shape index (κ3) is 5.30. The first-order chi connectivity index (χ1) is 20.9. The molecule has 0 aliphatic carbocycles. The van der Waals surface area contributed by atoms with Gasteiger partial charge in [0.15, 0.2) is 23.9 Å². The lowest BCUT2D eigenvalue weighted by atomic mass is 10.1. The fourth-order valence-electron chi connectivity index (χ4n) is 5.36. The molecule has 7 heterocycles. The standard InChI is InChI=1S/C21H25N9O10P2S2/c22-16-8-1-2-29(18(8)26-5-24-16)21-15-12(31)9(37-21)3-35-41(33,43)39-14-10(4-36-42(34,44)40-15)38-20(13(14)32)30-7-28-11-17(23)25-6-27-19(11)30/h1-2,5-7,9-10,12-15,20-21,31-32H,3-4H2,(H,33,43)(H,34,44)(H2,22,24,26)(H2,23,25,27)/t9-,10-,12-,13-,14+,15-,20-,21-,41?,42?/m1/s1. The van der Waals surface area contributed by atoms with Crippen molar-refractivity contribution in [3.05, 3.63) is 31.2 Å². The molecule has 0 saturated carbocycles. The molecule has 19 nitrogen and oxygen atoms in total. The molecule has 236 valence electrons. The van der Waals surface area contributed by atoms with E-state index in [1.54, 1.807) is 12.3 Å². The second-order valence-electron chi connectivity index (χ2n) is 10.1. The number of nitrogens with two attached hydrogens (primary N) is 2. The average Bonchev–Trinajstić information content (AvgIpc) is 3.73. The fourth-order valence-corrected chi connectivity index (χ4v) is 8.27. The van der Waals surface area contributed by atoms with Crippen LogP contribution in [-0.2, 0) is 43.9 Å². The maximum Gasteiger partial charge on any atom is 0.386 e. The first-order valence-electron chi connectivity index (χ1n) is 12.9. The first-order valence-corrected chi connectivity index (χ1v) is 18.2. The summed E-state index contributed by atoms with van der Waals surface area (Å²) in [5.74, 6) is 0.317.